The zero-order valence-corrected chi connectivity index (χ0v) is 12.1. The van der Waals surface area contributed by atoms with Gasteiger partial charge in [0, 0.05) is 18.3 Å². The van der Waals surface area contributed by atoms with E-state index in [2.05, 4.69) is 22.8 Å². The molecule has 1 aliphatic rings. The molecule has 1 aromatic rings. The molecule has 3 heteroatoms. The standard InChI is InChI=1S/C16H26N2O/c1-13(2)19-16-8-6-15(7-9-16)18-12-10-14-5-3-4-11-17-14/h6-9,13-14,17-18H,3-5,10-12H2,1-2H3. The van der Waals surface area contributed by atoms with Gasteiger partial charge in [0.1, 0.15) is 5.75 Å². The van der Waals surface area contributed by atoms with Gasteiger partial charge in [0.15, 0.2) is 0 Å². The molecule has 0 aliphatic carbocycles. The van der Waals surface area contributed by atoms with Crippen LogP contribution in [0, 0.1) is 0 Å². The molecule has 0 spiro atoms. The van der Waals surface area contributed by atoms with E-state index in [0.717, 1.165) is 12.3 Å². The fourth-order valence-corrected chi connectivity index (χ4v) is 2.48. The van der Waals surface area contributed by atoms with Crippen molar-refractivity contribution in [3.63, 3.8) is 0 Å². The number of benzene rings is 1. The molecule has 2 rings (SSSR count). The van der Waals surface area contributed by atoms with Gasteiger partial charge in [-0.25, -0.2) is 0 Å². The van der Waals surface area contributed by atoms with Crippen molar-refractivity contribution in [2.45, 2.75) is 51.7 Å². The van der Waals surface area contributed by atoms with Gasteiger partial charge in [-0.2, -0.15) is 0 Å². The molecule has 1 aliphatic heterocycles. The van der Waals surface area contributed by atoms with E-state index in [1.807, 2.05) is 26.0 Å². The fourth-order valence-electron chi connectivity index (χ4n) is 2.48. The highest BCUT2D eigenvalue weighted by Crippen LogP contribution is 2.17. The van der Waals surface area contributed by atoms with Crippen LogP contribution in [0.15, 0.2) is 24.3 Å². The summed E-state index contributed by atoms with van der Waals surface area (Å²) in [6.45, 7) is 6.31. The number of rotatable bonds is 6. The Hall–Kier alpha value is -1.22. The van der Waals surface area contributed by atoms with Gasteiger partial charge in [-0.05, 0) is 63.9 Å². The lowest BCUT2D eigenvalue weighted by Crippen LogP contribution is -2.35. The minimum atomic E-state index is 0.233. The highest BCUT2D eigenvalue weighted by Gasteiger charge is 2.11. The van der Waals surface area contributed by atoms with Crippen molar-refractivity contribution in [2.75, 3.05) is 18.4 Å². The SMILES string of the molecule is CC(C)Oc1ccc(NCCC2CCCCN2)cc1. The van der Waals surface area contributed by atoms with Crippen LogP contribution in [0.25, 0.3) is 0 Å². The third kappa shape index (κ3) is 5.11. The van der Waals surface area contributed by atoms with Gasteiger partial charge in [0.05, 0.1) is 6.10 Å². The summed E-state index contributed by atoms with van der Waals surface area (Å²) in [7, 11) is 0. The second kappa shape index (κ2) is 7.39. The second-order valence-electron chi connectivity index (χ2n) is 5.55. The second-order valence-corrected chi connectivity index (χ2v) is 5.55. The molecule has 0 bridgehead atoms. The first-order chi connectivity index (χ1) is 9.24. The highest BCUT2D eigenvalue weighted by molar-refractivity contribution is 5.46. The van der Waals surface area contributed by atoms with E-state index in [0.29, 0.717) is 6.04 Å². The van der Waals surface area contributed by atoms with Crippen LogP contribution in [-0.2, 0) is 0 Å². The van der Waals surface area contributed by atoms with E-state index in [9.17, 15) is 0 Å². The Kier molecular flexibility index (Phi) is 5.52. The largest absolute Gasteiger partial charge is 0.491 e. The summed E-state index contributed by atoms with van der Waals surface area (Å²) < 4.78 is 5.63. The maximum absolute atomic E-state index is 5.63. The summed E-state index contributed by atoms with van der Waals surface area (Å²) in [5.41, 5.74) is 1.17. The molecule has 0 radical (unpaired) electrons. The van der Waals surface area contributed by atoms with Crippen LogP contribution in [0.3, 0.4) is 0 Å². The van der Waals surface area contributed by atoms with Crippen molar-refractivity contribution in [2.24, 2.45) is 0 Å². The minimum absolute atomic E-state index is 0.233. The number of nitrogens with one attached hydrogen (secondary N) is 2. The maximum atomic E-state index is 5.63. The topological polar surface area (TPSA) is 33.3 Å². The van der Waals surface area contributed by atoms with Gasteiger partial charge >= 0.3 is 0 Å². The molecule has 1 heterocycles. The maximum Gasteiger partial charge on any atom is 0.119 e. The lowest BCUT2D eigenvalue weighted by molar-refractivity contribution is 0.242. The monoisotopic (exact) mass is 262 g/mol. The normalized spacial score (nSPS) is 19.4. The number of anilines is 1. The Morgan fingerprint density at radius 2 is 2.05 bits per heavy atom. The van der Waals surface area contributed by atoms with E-state index in [1.54, 1.807) is 0 Å². The predicted octanol–water partition coefficient (Wildman–Crippen LogP) is 3.42. The fraction of sp³-hybridized carbons (Fsp3) is 0.625. The van der Waals surface area contributed by atoms with Crippen LogP contribution in [0.5, 0.6) is 5.75 Å². The summed E-state index contributed by atoms with van der Waals surface area (Å²) in [5.74, 6) is 0.939. The van der Waals surface area contributed by atoms with Gasteiger partial charge in [-0.1, -0.05) is 6.42 Å². The predicted molar refractivity (Wildman–Crippen MR) is 81.0 cm³/mol. The average molecular weight is 262 g/mol. The molecule has 0 saturated carbocycles. The minimum Gasteiger partial charge on any atom is -0.491 e. The smallest absolute Gasteiger partial charge is 0.119 e. The number of ether oxygens (including phenoxy) is 1. The first kappa shape index (κ1) is 14.2. The molecular formula is C16H26N2O. The average Bonchev–Trinajstić information content (AvgIpc) is 2.41. The molecule has 1 atom stereocenters. The lowest BCUT2D eigenvalue weighted by atomic mass is 10.0. The first-order valence-electron chi connectivity index (χ1n) is 7.48. The summed E-state index contributed by atoms with van der Waals surface area (Å²) in [5, 5.41) is 7.05. The molecule has 2 N–H and O–H groups in total. The van der Waals surface area contributed by atoms with Crippen molar-refractivity contribution in [1.29, 1.82) is 0 Å². The summed E-state index contributed by atoms with van der Waals surface area (Å²) >= 11 is 0. The van der Waals surface area contributed by atoms with Crippen molar-refractivity contribution >= 4 is 5.69 Å². The summed E-state index contributed by atoms with van der Waals surface area (Å²) in [6.07, 6.45) is 5.46. The van der Waals surface area contributed by atoms with Crippen LogP contribution >= 0.6 is 0 Å². The molecular weight excluding hydrogens is 236 g/mol. The lowest BCUT2D eigenvalue weighted by Gasteiger charge is -2.23. The third-order valence-corrected chi connectivity index (χ3v) is 3.46. The molecule has 1 unspecified atom stereocenters. The van der Waals surface area contributed by atoms with Gasteiger partial charge in [0.25, 0.3) is 0 Å². The Balaban J connectivity index is 1.70. The molecule has 106 valence electrons. The number of hydrogen-bond donors (Lipinski definition) is 2. The quantitative estimate of drug-likeness (QED) is 0.824. The molecule has 0 aromatic heterocycles. The Bertz CT molecular complexity index is 356. The van der Waals surface area contributed by atoms with Crippen LogP contribution < -0.4 is 15.4 Å². The molecule has 1 fully saturated rings. The van der Waals surface area contributed by atoms with Crippen molar-refractivity contribution in [1.82, 2.24) is 5.32 Å². The zero-order valence-electron chi connectivity index (χ0n) is 12.1. The first-order valence-corrected chi connectivity index (χ1v) is 7.48. The molecule has 1 aromatic carbocycles. The summed E-state index contributed by atoms with van der Waals surface area (Å²) in [4.78, 5) is 0. The molecule has 3 nitrogen and oxygen atoms in total. The van der Waals surface area contributed by atoms with E-state index < -0.39 is 0 Å². The van der Waals surface area contributed by atoms with E-state index in [1.165, 1.54) is 37.9 Å². The highest BCUT2D eigenvalue weighted by atomic mass is 16.5. The zero-order chi connectivity index (χ0) is 13.5. The molecule has 1 saturated heterocycles. The van der Waals surface area contributed by atoms with Crippen LogP contribution in [0.1, 0.15) is 39.5 Å². The molecule has 19 heavy (non-hydrogen) atoms. The Morgan fingerprint density at radius 1 is 1.26 bits per heavy atom. The number of hydrogen-bond acceptors (Lipinski definition) is 3. The van der Waals surface area contributed by atoms with E-state index >= 15 is 0 Å². The van der Waals surface area contributed by atoms with Gasteiger partial charge in [0.2, 0.25) is 0 Å². The van der Waals surface area contributed by atoms with Crippen LogP contribution in [0.2, 0.25) is 0 Å². The van der Waals surface area contributed by atoms with E-state index in [-0.39, 0.29) is 6.10 Å². The Labute approximate surface area is 116 Å². The van der Waals surface area contributed by atoms with E-state index in [4.69, 9.17) is 4.74 Å². The van der Waals surface area contributed by atoms with Gasteiger partial charge in [-0.3, -0.25) is 0 Å². The molecule has 0 amide bonds. The summed E-state index contributed by atoms with van der Waals surface area (Å²) in [6, 6.07) is 8.94. The third-order valence-electron chi connectivity index (χ3n) is 3.46. The van der Waals surface area contributed by atoms with Gasteiger partial charge < -0.3 is 15.4 Å². The van der Waals surface area contributed by atoms with Crippen molar-refractivity contribution in [3.8, 4) is 5.75 Å². The van der Waals surface area contributed by atoms with Gasteiger partial charge in [-0.15, -0.1) is 0 Å². The van der Waals surface area contributed by atoms with Crippen LogP contribution in [0.4, 0.5) is 5.69 Å². The van der Waals surface area contributed by atoms with Crippen LogP contribution in [-0.4, -0.2) is 25.2 Å². The number of piperidine rings is 1. The van der Waals surface area contributed by atoms with Crippen molar-refractivity contribution in [3.05, 3.63) is 24.3 Å². The van der Waals surface area contributed by atoms with Crippen molar-refractivity contribution < 1.29 is 4.74 Å². The Morgan fingerprint density at radius 3 is 2.68 bits per heavy atom.